The van der Waals surface area contributed by atoms with Gasteiger partial charge in [-0.25, -0.2) is 4.68 Å². The molecular weight excluding hydrogens is 218 g/mol. The van der Waals surface area contributed by atoms with Crippen LogP contribution in [0, 0.1) is 0 Å². The van der Waals surface area contributed by atoms with Crippen molar-refractivity contribution in [3.8, 4) is 0 Å². The Bertz CT molecular complexity index is 474. The van der Waals surface area contributed by atoms with Crippen LogP contribution in [-0.2, 0) is 6.54 Å². The highest BCUT2D eigenvalue weighted by molar-refractivity contribution is 6.01. The largest absolute Gasteiger partial charge is 0.459 e. The molecule has 2 rings (SSSR count). The van der Waals surface area contributed by atoms with E-state index in [2.05, 4.69) is 17.3 Å². The molecule has 0 aliphatic carbocycles. The van der Waals surface area contributed by atoms with Gasteiger partial charge in [-0.15, -0.1) is 0 Å². The topological polar surface area (TPSA) is 60.1 Å². The predicted molar refractivity (Wildman–Crippen MR) is 63.8 cm³/mol. The van der Waals surface area contributed by atoms with Crippen molar-refractivity contribution < 1.29 is 9.21 Å². The number of hydrogen-bond acceptors (Lipinski definition) is 3. The summed E-state index contributed by atoms with van der Waals surface area (Å²) in [6.45, 7) is 2.92. The maximum atomic E-state index is 11.8. The molecule has 0 aromatic carbocycles. The number of rotatable bonds is 5. The van der Waals surface area contributed by atoms with Crippen LogP contribution in [0.25, 0.3) is 0 Å². The first kappa shape index (κ1) is 11.4. The van der Waals surface area contributed by atoms with Gasteiger partial charge >= 0.3 is 0 Å². The summed E-state index contributed by atoms with van der Waals surface area (Å²) in [5, 5.41) is 6.93. The second-order valence-electron chi connectivity index (χ2n) is 3.72. The number of carbonyl (C=O) groups is 1. The van der Waals surface area contributed by atoms with Gasteiger partial charge in [0.05, 0.1) is 12.5 Å². The Morgan fingerprint density at radius 3 is 3.12 bits per heavy atom. The summed E-state index contributed by atoms with van der Waals surface area (Å²) in [5.74, 6) is 0.737. The van der Waals surface area contributed by atoms with Crippen LogP contribution in [0.4, 0.5) is 5.82 Å². The summed E-state index contributed by atoms with van der Waals surface area (Å²) < 4.78 is 6.81. The highest BCUT2D eigenvalue weighted by atomic mass is 16.3. The molecule has 0 aliphatic rings. The minimum Gasteiger partial charge on any atom is -0.459 e. The molecule has 0 aliphatic heterocycles. The molecule has 1 amide bonds. The molecule has 0 saturated carbocycles. The van der Waals surface area contributed by atoms with Gasteiger partial charge in [-0.05, 0) is 18.6 Å². The van der Waals surface area contributed by atoms with Crippen LogP contribution in [0.1, 0.15) is 30.3 Å². The standard InChI is InChI=1S/C12H15N3O2/c1-2-3-8-15-11(6-7-13-15)14-12(16)10-5-4-9-17-10/h4-7,9H,2-3,8H2,1H3,(H,14,16). The molecule has 0 radical (unpaired) electrons. The van der Waals surface area contributed by atoms with Gasteiger partial charge < -0.3 is 9.73 Å². The van der Waals surface area contributed by atoms with Crippen LogP contribution < -0.4 is 5.32 Å². The van der Waals surface area contributed by atoms with E-state index in [1.807, 2.05) is 0 Å². The SMILES string of the molecule is CCCCn1nccc1NC(=O)c1ccco1. The fourth-order valence-electron chi connectivity index (χ4n) is 1.51. The van der Waals surface area contributed by atoms with Crippen molar-refractivity contribution in [2.75, 3.05) is 5.32 Å². The van der Waals surface area contributed by atoms with E-state index in [-0.39, 0.29) is 5.91 Å². The van der Waals surface area contributed by atoms with Gasteiger partial charge in [-0.1, -0.05) is 13.3 Å². The number of unbranched alkanes of at least 4 members (excludes halogenated alkanes) is 1. The molecular formula is C12H15N3O2. The molecule has 0 bridgehead atoms. The molecule has 5 nitrogen and oxygen atoms in total. The van der Waals surface area contributed by atoms with Crippen molar-refractivity contribution in [1.82, 2.24) is 9.78 Å². The van der Waals surface area contributed by atoms with Crippen LogP contribution >= 0.6 is 0 Å². The van der Waals surface area contributed by atoms with Gasteiger partial charge in [0.1, 0.15) is 5.82 Å². The number of hydrogen-bond donors (Lipinski definition) is 1. The molecule has 5 heteroatoms. The molecule has 0 unspecified atom stereocenters. The van der Waals surface area contributed by atoms with Crippen molar-refractivity contribution in [1.29, 1.82) is 0 Å². The number of carbonyl (C=O) groups excluding carboxylic acids is 1. The van der Waals surface area contributed by atoms with E-state index in [1.165, 1.54) is 6.26 Å². The second-order valence-corrected chi connectivity index (χ2v) is 3.72. The molecule has 0 saturated heterocycles. The highest BCUT2D eigenvalue weighted by Crippen LogP contribution is 2.10. The molecule has 0 atom stereocenters. The second kappa shape index (κ2) is 5.34. The Morgan fingerprint density at radius 2 is 2.41 bits per heavy atom. The number of aryl methyl sites for hydroxylation is 1. The van der Waals surface area contributed by atoms with Gasteiger partial charge in [-0.3, -0.25) is 4.79 Å². The van der Waals surface area contributed by atoms with Gasteiger partial charge in [0.25, 0.3) is 5.91 Å². The summed E-state index contributed by atoms with van der Waals surface area (Å²) in [5.41, 5.74) is 0. The van der Waals surface area contributed by atoms with Crippen LogP contribution in [0.2, 0.25) is 0 Å². The van der Waals surface area contributed by atoms with Gasteiger partial charge in [0.2, 0.25) is 0 Å². The minimum atomic E-state index is -0.256. The number of amides is 1. The summed E-state index contributed by atoms with van der Waals surface area (Å²) in [4.78, 5) is 11.8. The fraction of sp³-hybridized carbons (Fsp3) is 0.333. The number of anilines is 1. The van der Waals surface area contributed by atoms with Gasteiger partial charge in [0.15, 0.2) is 5.76 Å². The van der Waals surface area contributed by atoms with E-state index in [1.54, 1.807) is 29.1 Å². The zero-order chi connectivity index (χ0) is 12.1. The first-order valence-electron chi connectivity index (χ1n) is 5.68. The lowest BCUT2D eigenvalue weighted by Crippen LogP contribution is -2.15. The third-order valence-corrected chi connectivity index (χ3v) is 2.43. The molecule has 2 aromatic heterocycles. The summed E-state index contributed by atoms with van der Waals surface area (Å²) in [7, 11) is 0. The van der Waals surface area contributed by atoms with Crippen molar-refractivity contribution >= 4 is 11.7 Å². The quantitative estimate of drug-likeness (QED) is 0.863. The van der Waals surface area contributed by atoms with Crippen LogP contribution in [0.5, 0.6) is 0 Å². The average molecular weight is 233 g/mol. The van der Waals surface area contributed by atoms with Crippen molar-refractivity contribution in [2.45, 2.75) is 26.3 Å². The summed E-state index contributed by atoms with van der Waals surface area (Å²) in [6.07, 6.45) is 5.27. The third kappa shape index (κ3) is 2.75. The first-order valence-corrected chi connectivity index (χ1v) is 5.68. The molecule has 17 heavy (non-hydrogen) atoms. The summed E-state index contributed by atoms with van der Waals surface area (Å²) >= 11 is 0. The third-order valence-electron chi connectivity index (χ3n) is 2.43. The molecule has 1 N–H and O–H groups in total. The van der Waals surface area contributed by atoms with Crippen molar-refractivity contribution in [3.05, 3.63) is 36.4 Å². The highest BCUT2D eigenvalue weighted by Gasteiger charge is 2.11. The Morgan fingerprint density at radius 1 is 1.53 bits per heavy atom. The number of nitrogens with zero attached hydrogens (tertiary/aromatic N) is 2. The lowest BCUT2D eigenvalue weighted by Gasteiger charge is -2.07. The zero-order valence-corrected chi connectivity index (χ0v) is 9.72. The zero-order valence-electron chi connectivity index (χ0n) is 9.72. The Labute approximate surface area is 99.4 Å². The Hall–Kier alpha value is -2.04. The number of furan rings is 1. The molecule has 2 heterocycles. The van der Waals surface area contributed by atoms with E-state index >= 15 is 0 Å². The lowest BCUT2D eigenvalue weighted by molar-refractivity contribution is 0.0995. The number of aromatic nitrogens is 2. The average Bonchev–Trinajstić information content (AvgIpc) is 2.97. The van der Waals surface area contributed by atoms with Gasteiger partial charge in [-0.2, -0.15) is 5.10 Å². The molecule has 2 aromatic rings. The Balaban J connectivity index is 2.03. The lowest BCUT2D eigenvalue weighted by atomic mass is 10.3. The predicted octanol–water partition coefficient (Wildman–Crippen LogP) is 2.53. The van der Waals surface area contributed by atoms with Crippen molar-refractivity contribution in [3.63, 3.8) is 0 Å². The first-order chi connectivity index (χ1) is 8.31. The normalized spacial score (nSPS) is 10.4. The van der Waals surface area contributed by atoms with E-state index in [9.17, 15) is 4.79 Å². The maximum absolute atomic E-state index is 11.8. The van der Waals surface area contributed by atoms with E-state index in [0.29, 0.717) is 11.6 Å². The minimum absolute atomic E-state index is 0.256. The molecule has 90 valence electrons. The smallest absolute Gasteiger partial charge is 0.292 e. The monoisotopic (exact) mass is 233 g/mol. The van der Waals surface area contributed by atoms with Crippen LogP contribution in [0.3, 0.4) is 0 Å². The Kier molecular flexibility index (Phi) is 3.59. The van der Waals surface area contributed by atoms with Crippen LogP contribution in [0.15, 0.2) is 35.1 Å². The molecule has 0 fully saturated rings. The van der Waals surface area contributed by atoms with Crippen molar-refractivity contribution in [2.24, 2.45) is 0 Å². The molecule has 0 spiro atoms. The summed E-state index contributed by atoms with van der Waals surface area (Å²) in [6, 6.07) is 5.09. The van der Waals surface area contributed by atoms with Gasteiger partial charge in [0, 0.05) is 12.6 Å². The fourth-order valence-corrected chi connectivity index (χ4v) is 1.51. The van der Waals surface area contributed by atoms with E-state index in [0.717, 1.165) is 19.4 Å². The number of nitrogens with one attached hydrogen (secondary N) is 1. The maximum Gasteiger partial charge on any atom is 0.292 e. The van der Waals surface area contributed by atoms with E-state index in [4.69, 9.17) is 4.42 Å². The van der Waals surface area contributed by atoms with E-state index < -0.39 is 0 Å². The van der Waals surface area contributed by atoms with Crippen LogP contribution in [-0.4, -0.2) is 15.7 Å².